The Morgan fingerprint density at radius 3 is 2.50 bits per heavy atom. The van der Waals surface area contributed by atoms with Crippen molar-refractivity contribution in [3.63, 3.8) is 0 Å². The highest BCUT2D eigenvalue weighted by atomic mass is 16.3. The topological polar surface area (TPSA) is 49.5 Å². The van der Waals surface area contributed by atoms with Crippen LogP contribution in [0.15, 0.2) is 18.2 Å². The molecule has 3 nitrogen and oxygen atoms in total. The molecule has 0 aromatic heterocycles. The Balaban J connectivity index is 2.12. The third-order valence-electron chi connectivity index (χ3n) is 3.83. The van der Waals surface area contributed by atoms with Crippen LogP contribution in [0.4, 0.5) is 5.69 Å². The van der Waals surface area contributed by atoms with E-state index in [2.05, 4.69) is 24.8 Å². The Labute approximate surface area is 110 Å². The molecule has 1 fully saturated rings. The summed E-state index contributed by atoms with van der Waals surface area (Å²) < 4.78 is 0. The van der Waals surface area contributed by atoms with Crippen LogP contribution >= 0.6 is 0 Å². The van der Waals surface area contributed by atoms with Crippen molar-refractivity contribution in [1.82, 2.24) is 0 Å². The van der Waals surface area contributed by atoms with E-state index in [1.165, 1.54) is 12.8 Å². The van der Waals surface area contributed by atoms with Crippen LogP contribution in [0.1, 0.15) is 44.7 Å². The van der Waals surface area contributed by atoms with Gasteiger partial charge in [0.15, 0.2) is 0 Å². The molecule has 0 saturated heterocycles. The lowest BCUT2D eigenvalue weighted by Gasteiger charge is -2.22. The van der Waals surface area contributed by atoms with E-state index in [0.29, 0.717) is 5.75 Å². The van der Waals surface area contributed by atoms with Gasteiger partial charge in [-0.05, 0) is 32.3 Å². The van der Waals surface area contributed by atoms with E-state index in [0.717, 1.165) is 36.7 Å². The Morgan fingerprint density at radius 2 is 2.00 bits per heavy atom. The minimum atomic E-state index is -0.0248. The fourth-order valence-corrected chi connectivity index (χ4v) is 2.47. The zero-order chi connectivity index (χ0) is 13.1. The van der Waals surface area contributed by atoms with Crippen LogP contribution in [0, 0.1) is 5.92 Å². The number of anilines is 1. The molecule has 0 spiro atoms. The molecule has 1 aromatic rings. The maximum atomic E-state index is 10.1. The molecule has 1 aromatic carbocycles. The van der Waals surface area contributed by atoms with Crippen LogP contribution in [0.25, 0.3) is 0 Å². The van der Waals surface area contributed by atoms with Crippen LogP contribution < -0.4 is 10.6 Å². The van der Waals surface area contributed by atoms with Crippen LogP contribution in [0.2, 0.25) is 0 Å². The van der Waals surface area contributed by atoms with Gasteiger partial charge in [0, 0.05) is 36.4 Å². The summed E-state index contributed by atoms with van der Waals surface area (Å²) >= 11 is 0. The summed E-state index contributed by atoms with van der Waals surface area (Å²) in [6.45, 7) is 6.13. The lowest BCUT2D eigenvalue weighted by atomic mass is 10.0. The van der Waals surface area contributed by atoms with Gasteiger partial charge in [-0.1, -0.05) is 18.9 Å². The van der Waals surface area contributed by atoms with Crippen molar-refractivity contribution in [3.05, 3.63) is 23.8 Å². The molecule has 3 heteroatoms. The molecule has 0 radical (unpaired) electrons. The van der Waals surface area contributed by atoms with E-state index in [1.807, 2.05) is 12.1 Å². The predicted molar refractivity (Wildman–Crippen MR) is 75.9 cm³/mol. The molecule has 1 atom stereocenters. The van der Waals surface area contributed by atoms with E-state index in [9.17, 15) is 5.11 Å². The van der Waals surface area contributed by atoms with E-state index in [1.54, 1.807) is 0 Å². The van der Waals surface area contributed by atoms with Crippen molar-refractivity contribution in [2.75, 3.05) is 18.0 Å². The fourth-order valence-electron chi connectivity index (χ4n) is 2.47. The number of phenolic OH excluding ortho intramolecular Hbond substituents is 1. The van der Waals surface area contributed by atoms with Crippen molar-refractivity contribution in [3.8, 4) is 5.75 Å². The number of nitrogens with two attached hydrogens (primary N) is 1. The highest BCUT2D eigenvalue weighted by Crippen LogP contribution is 2.39. The van der Waals surface area contributed by atoms with Crippen LogP contribution in [-0.4, -0.2) is 18.2 Å². The molecule has 2 rings (SSSR count). The van der Waals surface area contributed by atoms with Crippen LogP contribution in [0.5, 0.6) is 5.75 Å². The van der Waals surface area contributed by atoms with Gasteiger partial charge in [0.1, 0.15) is 5.75 Å². The van der Waals surface area contributed by atoms with E-state index in [-0.39, 0.29) is 6.04 Å². The summed E-state index contributed by atoms with van der Waals surface area (Å²) in [6.07, 6.45) is 3.59. The first kappa shape index (κ1) is 13.2. The lowest BCUT2D eigenvalue weighted by Crippen LogP contribution is -2.21. The summed E-state index contributed by atoms with van der Waals surface area (Å²) in [7, 11) is 0. The molecular formula is C15H24N2O. The van der Waals surface area contributed by atoms with Gasteiger partial charge < -0.3 is 15.7 Å². The number of rotatable bonds is 6. The summed E-state index contributed by atoms with van der Waals surface area (Å²) in [6, 6.07) is 5.86. The summed E-state index contributed by atoms with van der Waals surface area (Å²) in [4.78, 5) is 2.22. The molecule has 100 valence electrons. The first-order valence-corrected chi connectivity index (χ1v) is 6.99. The monoisotopic (exact) mass is 248 g/mol. The number of benzene rings is 1. The average molecular weight is 248 g/mol. The van der Waals surface area contributed by atoms with Crippen molar-refractivity contribution in [2.24, 2.45) is 11.7 Å². The second-order valence-corrected chi connectivity index (χ2v) is 5.20. The third kappa shape index (κ3) is 2.96. The minimum absolute atomic E-state index is 0.0248. The molecule has 0 unspecified atom stereocenters. The van der Waals surface area contributed by atoms with Crippen molar-refractivity contribution >= 4 is 5.69 Å². The van der Waals surface area contributed by atoms with Gasteiger partial charge in [0.25, 0.3) is 0 Å². The molecule has 1 aliphatic rings. The maximum absolute atomic E-state index is 10.1. The zero-order valence-corrected chi connectivity index (χ0v) is 11.4. The normalized spacial score (nSPS) is 16.6. The number of nitrogens with zero attached hydrogens (tertiary/aromatic N) is 1. The molecule has 1 saturated carbocycles. The fraction of sp³-hybridized carbons (Fsp3) is 0.600. The van der Waals surface area contributed by atoms with Gasteiger partial charge >= 0.3 is 0 Å². The molecular weight excluding hydrogens is 224 g/mol. The number of hydrogen-bond acceptors (Lipinski definition) is 3. The highest BCUT2D eigenvalue weighted by molar-refractivity contribution is 5.54. The summed E-state index contributed by atoms with van der Waals surface area (Å²) in [5, 5.41) is 10.1. The number of phenols is 1. The second-order valence-electron chi connectivity index (χ2n) is 5.20. The minimum Gasteiger partial charge on any atom is -0.508 e. The van der Waals surface area contributed by atoms with Gasteiger partial charge in [0.05, 0.1) is 0 Å². The van der Waals surface area contributed by atoms with Gasteiger partial charge in [-0.25, -0.2) is 0 Å². The Morgan fingerprint density at radius 1 is 1.33 bits per heavy atom. The summed E-state index contributed by atoms with van der Waals surface area (Å²) in [5.74, 6) is 1.12. The lowest BCUT2D eigenvalue weighted by molar-refractivity contribution is 0.455. The molecule has 1 aliphatic carbocycles. The third-order valence-corrected chi connectivity index (χ3v) is 3.83. The Kier molecular flexibility index (Phi) is 4.12. The average Bonchev–Trinajstić information content (AvgIpc) is 3.14. The van der Waals surface area contributed by atoms with Gasteiger partial charge in [0.2, 0.25) is 0 Å². The summed E-state index contributed by atoms with van der Waals surface area (Å²) in [5.41, 5.74) is 8.11. The second kappa shape index (κ2) is 5.61. The number of hydrogen-bond donors (Lipinski definition) is 2. The van der Waals surface area contributed by atoms with Gasteiger partial charge in [-0.2, -0.15) is 0 Å². The zero-order valence-electron chi connectivity index (χ0n) is 11.4. The maximum Gasteiger partial charge on any atom is 0.122 e. The molecule has 18 heavy (non-hydrogen) atoms. The van der Waals surface area contributed by atoms with Gasteiger partial charge in [-0.15, -0.1) is 0 Å². The van der Waals surface area contributed by atoms with Crippen LogP contribution in [-0.2, 0) is 0 Å². The molecule has 3 N–H and O–H groups in total. The van der Waals surface area contributed by atoms with E-state index < -0.39 is 0 Å². The Hall–Kier alpha value is -1.22. The molecule has 0 amide bonds. The van der Waals surface area contributed by atoms with E-state index in [4.69, 9.17) is 5.73 Å². The smallest absolute Gasteiger partial charge is 0.122 e. The largest absolute Gasteiger partial charge is 0.508 e. The van der Waals surface area contributed by atoms with Crippen molar-refractivity contribution in [1.29, 1.82) is 0 Å². The molecule has 0 aliphatic heterocycles. The number of aromatic hydroxyl groups is 1. The highest BCUT2D eigenvalue weighted by Gasteiger charge is 2.25. The quantitative estimate of drug-likeness (QED) is 0.813. The SMILES string of the molecule is CCN(CC)c1ccc([C@H](N)CC2CC2)c(O)c1. The van der Waals surface area contributed by atoms with Crippen molar-refractivity contribution < 1.29 is 5.11 Å². The standard InChI is InChI=1S/C15H24N2O/c1-3-17(4-2)12-7-8-13(15(18)10-12)14(16)9-11-5-6-11/h7-8,10-11,14,18H,3-6,9,16H2,1-2H3/t14-/m1/s1. The molecule has 0 heterocycles. The van der Waals surface area contributed by atoms with Gasteiger partial charge in [-0.3, -0.25) is 0 Å². The Bertz CT molecular complexity index is 397. The molecule has 0 bridgehead atoms. The van der Waals surface area contributed by atoms with E-state index >= 15 is 0 Å². The first-order chi connectivity index (χ1) is 8.65. The van der Waals surface area contributed by atoms with Crippen molar-refractivity contribution in [2.45, 2.75) is 39.2 Å². The first-order valence-electron chi connectivity index (χ1n) is 6.99. The predicted octanol–water partition coefficient (Wildman–Crippen LogP) is 3.04. The van der Waals surface area contributed by atoms with Crippen LogP contribution in [0.3, 0.4) is 0 Å².